The molecule has 8 rings (SSSR count). The van der Waals surface area contributed by atoms with E-state index in [9.17, 15) is 0 Å². The lowest BCUT2D eigenvalue weighted by atomic mass is 9.98. The van der Waals surface area contributed by atoms with Crippen molar-refractivity contribution in [1.29, 1.82) is 0 Å². The summed E-state index contributed by atoms with van der Waals surface area (Å²) in [5, 5.41) is 2.24. The van der Waals surface area contributed by atoms with E-state index in [0.29, 0.717) is 0 Å². The molecule has 208 valence electrons. The van der Waals surface area contributed by atoms with Gasteiger partial charge in [0.05, 0.1) is 5.69 Å². The fourth-order valence-corrected chi connectivity index (χ4v) is 6.09. The maximum Gasteiger partial charge on any atom is 0.137 e. The van der Waals surface area contributed by atoms with Crippen molar-refractivity contribution < 1.29 is 4.42 Å². The summed E-state index contributed by atoms with van der Waals surface area (Å²) in [5.41, 5.74) is 12.0. The molecule has 0 fully saturated rings. The highest BCUT2D eigenvalue weighted by molar-refractivity contribution is 6.09. The van der Waals surface area contributed by atoms with Crippen molar-refractivity contribution in [1.82, 2.24) is 0 Å². The number of anilines is 3. The van der Waals surface area contributed by atoms with Gasteiger partial charge in [-0.05, 0) is 64.2 Å². The van der Waals surface area contributed by atoms with Gasteiger partial charge in [0, 0.05) is 33.8 Å². The van der Waals surface area contributed by atoms with E-state index in [-0.39, 0.29) is 0 Å². The Morgan fingerprint density at radius 1 is 0.341 bits per heavy atom. The van der Waals surface area contributed by atoms with Crippen LogP contribution in [0.2, 0.25) is 0 Å². The average Bonchev–Trinajstić information content (AvgIpc) is 3.47. The van der Waals surface area contributed by atoms with E-state index >= 15 is 0 Å². The van der Waals surface area contributed by atoms with Crippen LogP contribution in [-0.2, 0) is 0 Å². The Hall–Kier alpha value is -5.86. The molecule has 0 saturated carbocycles. The molecule has 0 bridgehead atoms. The molecular weight excluding hydrogens is 534 g/mol. The van der Waals surface area contributed by atoms with Crippen molar-refractivity contribution in [2.75, 3.05) is 4.90 Å². The monoisotopic (exact) mass is 563 g/mol. The van der Waals surface area contributed by atoms with Gasteiger partial charge < -0.3 is 9.32 Å². The lowest BCUT2D eigenvalue weighted by Crippen LogP contribution is -2.11. The largest absolute Gasteiger partial charge is 0.456 e. The Morgan fingerprint density at radius 2 is 0.795 bits per heavy atom. The van der Waals surface area contributed by atoms with Crippen LogP contribution in [0.1, 0.15) is 0 Å². The molecule has 0 amide bonds. The molecule has 0 spiro atoms. The van der Waals surface area contributed by atoms with Crippen molar-refractivity contribution in [2.45, 2.75) is 0 Å². The van der Waals surface area contributed by atoms with E-state index in [1.807, 2.05) is 12.1 Å². The van der Waals surface area contributed by atoms with E-state index < -0.39 is 0 Å². The zero-order valence-corrected chi connectivity index (χ0v) is 24.1. The second kappa shape index (κ2) is 11.1. The molecule has 0 unspecified atom stereocenters. The molecule has 0 saturated heterocycles. The minimum Gasteiger partial charge on any atom is -0.456 e. The number of furan rings is 1. The zero-order valence-electron chi connectivity index (χ0n) is 24.1. The fraction of sp³-hybridized carbons (Fsp3) is 0. The van der Waals surface area contributed by atoms with Crippen LogP contribution in [0, 0.1) is 0 Å². The first-order valence-corrected chi connectivity index (χ1v) is 14.9. The second-order valence-electron chi connectivity index (χ2n) is 11.0. The Morgan fingerprint density at radius 3 is 1.34 bits per heavy atom. The van der Waals surface area contributed by atoms with E-state index in [0.717, 1.165) is 50.1 Å². The first kappa shape index (κ1) is 25.8. The summed E-state index contributed by atoms with van der Waals surface area (Å²) >= 11 is 0. The van der Waals surface area contributed by atoms with Gasteiger partial charge in [0.15, 0.2) is 0 Å². The van der Waals surface area contributed by atoms with Crippen molar-refractivity contribution in [2.24, 2.45) is 0 Å². The van der Waals surface area contributed by atoms with E-state index in [2.05, 4.69) is 169 Å². The smallest absolute Gasteiger partial charge is 0.137 e. The molecule has 0 aliphatic rings. The third-order valence-electron chi connectivity index (χ3n) is 8.29. The standard InChI is InChI=1S/C42H29NO/c1-4-12-30(13-5-1)32-20-24-35(25-21-32)43(36-26-22-33(23-27-36)31-14-6-2-7-15-31)40-29-42-39(37-18-10-11-19-41(37)44-42)28-38(40)34-16-8-3-9-17-34/h1-29H. The van der Waals surface area contributed by atoms with Crippen LogP contribution in [0.4, 0.5) is 17.1 Å². The van der Waals surface area contributed by atoms with Crippen LogP contribution in [0.5, 0.6) is 0 Å². The zero-order chi connectivity index (χ0) is 29.3. The van der Waals surface area contributed by atoms with Crippen LogP contribution in [-0.4, -0.2) is 0 Å². The molecule has 1 heterocycles. The van der Waals surface area contributed by atoms with Gasteiger partial charge in [0.1, 0.15) is 11.2 Å². The number of rotatable bonds is 6. The number of hydrogen-bond donors (Lipinski definition) is 0. The SMILES string of the molecule is c1ccc(-c2ccc(N(c3ccc(-c4ccccc4)cc3)c3cc4oc5ccccc5c4cc3-c3ccccc3)cc2)cc1. The molecule has 1 aromatic heterocycles. The molecule has 2 nitrogen and oxygen atoms in total. The fourth-order valence-electron chi connectivity index (χ4n) is 6.09. The average molecular weight is 564 g/mol. The van der Waals surface area contributed by atoms with Gasteiger partial charge in [0.25, 0.3) is 0 Å². The Labute approximate surface area is 257 Å². The minimum absolute atomic E-state index is 0.868. The third-order valence-corrected chi connectivity index (χ3v) is 8.29. The van der Waals surface area contributed by atoms with Gasteiger partial charge in [0.2, 0.25) is 0 Å². The molecule has 0 atom stereocenters. The van der Waals surface area contributed by atoms with Crippen molar-refractivity contribution >= 4 is 39.0 Å². The van der Waals surface area contributed by atoms with E-state index in [1.54, 1.807) is 0 Å². The van der Waals surface area contributed by atoms with Crippen LogP contribution in [0.15, 0.2) is 180 Å². The Bertz CT molecular complexity index is 2100. The Balaban J connectivity index is 1.35. The summed E-state index contributed by atoms with van der Waals surface area (Å²) in [4.78, 5) is 2.35. The summed E-state index contributed by atoms with van der Waals surface area (Å²) in [6, 6.07) is 62.1. The van der Waals surface area contributed by atoms with Crippen molar-refractivity contribution in [3.05, 3.63) is 176 Å². The number of nitrogens with zero attached hydrogens (tertiary/aromatic N) is 1. The topological polar surface area (TPSA) is 16.4 Å². The van der Waals surface area contributed by atoms with Gasteiger partial charge in [-0.15, -0.1) is 0 Å². The van der Waals surface area contributed by atoms with Crippen molar-refractivity contribution in [3.63, 3.8) is 0 Å². The normalized spacial score (nSPS) is 11.2. The van der Waals surface area contributed by atoms with Crippen LogP contribution < -0.4 is 4.90 Å². The third kappa shape index (κ3) is 4.73. The van der Waals surface area contributed by atoms with Gasteiger partial charge in [-0.1, -0.05) is 133 Å². The number of fused-ring (bicyclic) bond motifs is 3. The van der Waals surface area contributed by atoms with Gasteiger partial charge >= 0.3 is 0 Å². The predicted octanol–water partition coefficient (Wildman–Crippen LogP) is 12.1. The molecule has 0 radical (unpaired) electrons. The summed E-state index contributed by atoms with van der Waals surface area (Å²) < 4.78 is 6.43. The molecule has 0 aliphatic carbocycles. The van der Waals surface area contributed by atoms with Crippen LogP contribution in [0.25, 0.3) is 55.3 Å². The lowest BCUT2D eigenvalue weighted by Gasteiger charge is -2.28. The maximum atomic E-state index is 6.43. The van der Waals surface area contributed by atoms with Gasteiger partial charge in [-0.3, -0.25) is 0 Å². The number of para-hydroxylation sites is 1. The van der Waals surface area contributed by atoms with Crippen LogP contribution in [0.3, 0.4) is 0 Å². The van der Waals surface area contributed by atoms with Gasteiger partial charge in [-0.2, -0.15) is 0 Å². The van der Waals surface area contributed by atoms with E-state index in [1.165, 1.54) is 22.3 Å². The molecule has 0 N–H and O–H groups in total. The molecular formula is C42H29NO. The predicted molar refractivity (Wildman–Crippen MR) is 185 cm³/mol. The summed E-state index contributed by atoms with van der Waals surface area (Å²) in [5.74, 6) is 0. The first-order chi connectivity index (χ1) is 21.8. The summed E-state index contributed by atoms with van der Waals surface area (Å²) in [6.07, 6.45) is 0. The highest BCUT2D eigenvalue weighted by Gasteiger charge is 2.21. The summed E-state index contributed by atoms with van der Waals surface area (Å²) in [6.45, 7) is 0. The second-order valence-corrected chi connectivity index (χ2v) is 11.0. The highest BCUT2D eigenvalue weighted by atomic mass is 16.3. The van der Waals surface area contributed by atoms with E-state index in [4.69, 9.17) is 4.42 Å². The number of benzene rings is 7. The Kier molecular flexibility index (Phi) is 6.51. The first-order valence-electron chi connectivity index (χ1n) is 14.9. The highest BCUT2D eigenvalue weighted by Crippen LogP contribution is 2.45. The minimum atomic E-state index is 0.868. The maximum absolute atomic E-state index is 6.43. The quantitative estimate of drug-likeness (QED) is 0.200. The molecule has 2 heteroatoms. The molecule has 0 aliphatic heterocycles. The van der Waals surface area contributed by atoms with Gasteiger partial charge in [-0.25, -0.2) is 0 Å². The van der Waals surface area contributed by atoms with Crippen molar-refractivity contribution in [3.8, 4) is 33.4 Å². The number of hydrogen-bond acceptors (Lipinski definition) is 2. The lowest BCUT2D eigenvalue weighted by molar-refractivity contribution is 0.669. The molecule has 44 heavy (non-hydrogen) atoms. The summed E-state index contributed by atoms with van der Waals surface area (Å²) in [7, 11) is 0. The molecule has 8 aromatic rings. The van der Waals surface area contributed by atoms with Crippen LogP contribution >= 0.6 is 0 Å². The molecule has 7 aromatic carbocycles.